The van der Waals surface area contributed by atoms with Crippen molar-refractivity contribution in [2.75, 3.05) is 17.3 Å². The Kier molecular flexibility index (Phi) is 4.34. The molecule has 0 aliphatic heterocycles. The Morgan fingerprint density at radius 3 is 2.30 bits per heavy atom. The number of nitrogens with one attached hydrogen (secondary N) is 1. The van der Waals surface area contributed by atoms with E-state index in [0.29, 0.717) is 16.4 Å². The van der Waals surface area contributed by atoms with E-state index in [0.717, 1.165) is 11.4 Å². The molecule has 5 nitrogen and oxygen atoms in total. The van der Waals surface area contributed by atoms with Crippen molar-refractivity contribution in [2.45, 2.75) is 5.03 Å². The number of anilines is 2. The molecule has 0 unspecified atom stereocenters. The number of nitrogens with two attached hydrogens (primary N) is 1. The normalized spacial score (nSPS) is 10.5. The van der Waals surface area contributed by atoms with Crippen LogP contribution in [0.25, 0.3) is 5.69 Å². The average Bonchev–Trinajstić information content (AvgIpc) is 2.93. The maximum atomic E-state index is 12.6. The summed E-state index contributed by atoms with van der Waals surface area (Å²) in [6.07, 6.45) is 1.87. The monoisotopic (exact) mass is 324 g/mol. The highest BCUT2D eigenvalue weighted by atomic mass is 32.2. The van der Waals surface area contributed by atoms with Crippen LogP contribution in [-0.2, 0) is 0 Å². The Hall–Kier alpha value is -2.73. The molecule has 0 atom stereocenters. The number of aromatic nitrogens is 2. The minimum absolute atomic E-state index is 0.264. The van der Waals surface area contributed by atoms with Crippen LogP contribution in [0.1, 0.15) is 10.4 Å². The van der Waals surface area contributed by atoms with Gasteiger partial charge in [-0.1, -0.05) is 36.4 Å². The van der Waals surface area contributed by atoms with Crippen molar-refractivity contribution < 1.29 is 4.79 Å². The predicted octanol–water partition coefficient (Wildman–Crippen LogP) is 3.43. The van der Waals surface area contributed by atoms with Crippen molar-refractivity contribution in [2.24, 2.45) is 0 Å². The Bertz CT molecular complexity index is 815. The summed E-state index contributed by atoms with van der Waals surface area (Å²) in [7, 11) is 0. The summed E-state index contributed by atoms with van der Waals surface area (Å²) >= 11 is 1.39. The zero-order valence-electron chi connectivity index (χ0n) is 12.6. The van der Waals surface area contributed by atoms with Gasteiger partial charge in [-0.2, -0.15) is 5.10 Å². The van der Waals surface area contributed by atoms with Gasteiger partial charge in [-0.15, -0.1) is 11.8 Å². The molecule has 116 valence electrons. The Morgan fingerprint density at radius 2 is 1.70 bits per heavy atom. The van der Waals surface area contributed by atoms with E-state index in [1.165, 1.54) is 11.8 Å². The van der Waals surface area contributed by atoms with Crippen molar-refractivity contribution in [3.05, 3.63) is 66.2 Å². The van der Waals surface area contributed by atoms with E-state index in [9.17, 15) is 4.79 Å². The fourth-order valence-electron chi connectivity index (χ4n) is 2.25. The van der Waals surface area contributed by atoms with Gasteiger partial charge in [0.15, 0.2) is 0 Å². The second-order valence-corrected chi connectivity index (χ2v) is 5.63. The quantitative estimate of drug-likeness (QED) is 0.721. The van der Waals surface area contributed by atoms with Crippen molar-refractivity contribution in [3.8, 4) is 5.69 Å². The molecule has 1 amide bonds. The third-order valence-corrected chi connectivity index (χ3v) is 4.01. The highest BCUT2D eigenvalue weighted by Gasteiger charge is 2.22. The number of amides is 1. The van der Waals surface area contributed by atoms with Gasteiger partial charge in [-0.05, 0) is 30.5 Å². The van der Waals surface area contributed by atoms with E-state index in [-0.39, 0.29) is 5.91 Å². The fourth-order valence-corrected chi connectivity index (χ4v) is 2.81. The molecule has 0 aliphatic rings. The Labute approximate surface area is 138 Å². The number of benzene rings is 2. The van der Waals surface area contributed by atoms with Crippen LogP contribution in [0.3, 0.4) is 0 Å². The summed E-state index contributed by atoms with van der Waals surface area (Å²) in [5.74, 6) is 0.0641. The van der Waals surface area contributed by atoms with Crippen LogP contribution < -0.4 is 11.1 Å². The lowest BCUT2D eigenvalue weighted by Gasteiger charge is -2.06. The minimum Gasteiger partial charge on any atom is -0.383 e. The van der Waals surface area contributed by atoms with Gasteiger partial charge in [-0.25, -0.2) is 4.68 Å². The Morgan fingerprint density at radius 1 is 1.09 bits per heavy atom. The highest BCUT2D eigenvalue weighted by molar-refractivity contribution is 7.98. The SMILES string of the molecule is CSc1nn(-c2ccccc2)c(N)c1C(=O)Nc1ccccc1. The van der Waals surface area contributed by atoms with Gasteiger partial charge in [-0.3, -0.25) is 4.79 Å². The Balaban J connectivity index is 1.99. The third-order valence-electron chi connectivity index (χ3n) is 3.34. The highest BCUT2D eigenvalue weighted by Crippen LogP contribution is 2.28. The van der Waals surface area contributed by atoms with Crippen LogP contribution in [0.2, 0.25) is 0 Å². The number of hydrogen-bond donors (Lipinski definition) is 2. The predicted molar refractivity (Wildman–Crippen MR) is 94.2 cm³/mol. The van der Waals surface area contributed by atoms with E-state index in [1.54, 1.807) is 4.68 Å². The first-order valence-corrected chi connectivity index (χ1v) is 8.27. The number of rotatable bonds is 4. The van der Waals surface area contributed by atoms with Gasteiger partial charge in [0.1, 0.15) is 16.4 Å². The molecule has 0 fully saturated rings. The largest absolute Gasteiger partial charge is 0.383 e. The van der Waals surface area contributed by atoms with Gasteiger partial charge < -0.3 is 11.1 Å². The second kappa shape index (κ2) is 6.58. The van der Waals surface area contributed by atoms with E-state index in [1.807, 2.05) is 66.9 Å². The number of thioether (sulfide) groups is 1. The summed E-state index contributed by atoms with van der Waals surface area (Å²) in [5.41, 5.74) is 8.12. The van der Waals surface area contributed by atoms with Crippen molar-refractivity contribution in [1.82, 2.24) is 9.78 Å². The zero-order valence-corrected chi connectivity index (χ0v) is 13.4. The first-order valence-electron chi connectivity index (χ1n) is 7.05. The van der Waals surface area contributed by atoms with E-state index < -0.39 is 0 Å². The van der Waals surface area contributed by atoms with Gasteiger partial charge >= 0.3 is 0 Å². The molecule has 0 saturated heterocycles. The van der Waals surface area contributed by atoms with Crippen LogP contribution in [0.5, 0.6) is 0 Å². The van der Waals surface area contributed by atoms with Gasteiger partial charge in [0.05, 0.1) is 5.69 Å². The lowest BCUT2D eigenvalue weighted by molar-refractivity contribution is 0.102. The van der Waals surface area contributed by atoms with E-state index in [4.69, 9.17) is 5.73 Å². The molecule has 0 radical (unpaired) electrons. The number of carbonyl (C=O) groups is 1. The van der Waals surface area contributed by atoms with Crippen LogP contribution in [-0.4, -0.2) is 21.9 Å². The van der Waals surface area contributed by atoms with Gasteiger partial charge in [0, 0.05) is 5.69 Å². The molecule has 3 N–H and O–H groups in total. The topological polar surface area (TPSA) is 72.9 Å². The number of para-hydroxylation sites is 2. The van der Waals surface area contributed by atoms with Crippen LogP contribution >= 0.6 is 11.8 Å². The van der Waals surface area contributed by atoms with Crippen molar-refractivity contribution in [3.63, 3.8) is 0 Å². The van der Waals surface area contributed by atoms with E-state index in [2.05, 4.69) is 10.4 Å². The maximum absolute atomic E-state index is 12.6. The molecular weight excluding hydrogens is 308 g/mol. The van der Waals surface area contributed by atoms with Crippen LogP contribution in [0.4, 0.5) is 11.5 Å². The van der Waals surface area contributed by atoms with E-state index >= 15 is 0 Å². The summed E-state index contributed by atoms with van der Waals surface area (Å²) in [5, 5.41) is 7.90. The fraction of sp³-hybridized carbons (Fsp3) is 0.0588. The summed E-state index contributed by atoms with van der Waals surface area (Å²) < 4.78 is 1.59. The molecule has 0 bridgehead atoms. The number of nitrogen functional groups attached to an aromatic ring is 1. The molecule has 3 rings (SSSR count). The average molecular weight is 324 g/mol. The molecular formula is C17H16N4OS. The summed E-state index contributed by atoms with van der Waals surface area (Å²) in [4.78, 5) is 12.6. The molecule has 0 saturated carbocycles. The van der Waals surface area contributed by atoms with Gasteiger partial charge in [0.25, 0.3) is 5.91 Å². The molecule has 1 heterocycles. The first kappa shape index (κ1) is 15.2. The number of carbonyl (C=O) groups excluding carboxylic acids is 1. The maximum Gasteiger partial charge on any atom is 0.262 e. The molecule has 3 aromatic rings. The van der Waals surface area contributed by atoms with Crippen molar-refractivity contribution >= 4 is 29.2 Å². The number of nitrogens with zero attached hydrogens (tertiary/aromatic N) is 2. The molecule has 23 heavy (non-hydrogen) atoms. The smallest absolute Gasteiger partial charge is 0.262 e. The molecule has 0 aliphatic carbocycles. The lowest BCUT2D eigenvalue weighted by atomic mass is 10.2. The second-order valence-electron chi connectivity index (χ2n) is 4.84. The number of hydrogen-bond acceptors (Lipinski definition) is 4. The summed E-state index contributed by atoms with van der Waals surface area (Å²) in [6, 6.07) is 18.8. The third kappa shape index (κ3) is 3.07. The van der Waals surface area contributed by atoms with Gasteiger partial charge in [0.2, 0.25) is 0 Å². The molecule has 2 aromatic carbocycles. The standard InChI is InChI=1S/C17H16N4OS/c1-23-17-14(16(22)19-12-8-4-2-5-9-12)15(18)21(20-17)13-10-6-3-7-11-13/h2-11H,18H2,1H3,(H,19,22). The lowest BCUT2D eigenvalue weighted by Crippen LogP contribution is -2.14. The molecule has 0 spiro atoms. The first-order chi connectivity index (χ1) is 11.2. The van der Waals surface area contributed by atoms with Crippen molar-refractivity contribution in [1.29, 1.82) is 0 Å². The molecule has 6 heteroatoms. The minimum atomic E-state index is -0.264. The van der Waals surface area contributed by atoms with Crippen LogP contribution in [0, 0.1) is 0 Å². The van der Waals surface area contributed by atoms with Crippen LogP contribution in [0.15, 0.2) is 65.7 Å². The zero-order chi connectivity index (χ0) is 16.2. The molecule has 1 aromatic heterocycles. The summed E-state index contributed by atoms with van der Waals surface area (Å²) in [6.45, 7) is 0.